The van der Waals surface area contributed by atoms with Gasteiger partial charge in [-0.3, -0.25) is 9.69 Å². The maximum Gasteiger partial charge on any atom is 0.246 e. The first-order chi connectivity index (χ1) is 10.5. The molecule has 0 bridgehead atoms. The van der Waals surface area contributed by atoms with Gasteiger partial charge >= 0.3 is 0 Å². The zero-order valence-corrected chi connectivity index (χ0v) is 12.5. The fraction of sp³-hybridized carbons (Fsp3) is 0.533. The predicted molar refractivity (Wildman–Crippen MR) is 74.7 cm³/mol. The number of rotatable bonds is 5. The van der Waals surface area contributed by atoms with E-state index < -0.39 is 23.5 Å². The van der Waals surface area contributed by atoms with Crippen molar-refractivity contribution in [2.24, 2.45) is 0 Å². The van der Waals surface area contributed by atoms with Crippen molar-refractivity contribution in [3.63, 3.8) is 0 Å². The van der Waals surface area contributed by atoms with Gasteiger partial charge in [0.25, 0.3) is 0 Å². The molecule has 0 unspecified atom stereocenters. The normalized spacial score (nSPS) is 22.0. The number of hydrogen-bond acceptors (Lipinski definition) is 3. The van der Waals surface area contributed by atoms with Crippen molar-refractivity contribution in [3.8, 4) is 0 Å². The summed E-state index contributed by atoms with van der Waals surface area (Å²) in [6.07, 6.45) is 0.647. The second-order valence-electron chi connectivity index (χ2n) is 5.27. The Kier molecular flexibility index (Phi) is 5.42. The molecule has 7 heteroatoms. The molecule has 122 valence electrons. The third-order valence-electron chi connectivity index (χ3n) is 3.88. The molecular weight excluding hydrogens is 297 g/mol. The number of methoxy groups -OCH3 is 1. The van der Waals surface area contributed by atoms with E-state index >= 15 is 0 Å². The Balaban J connectivity index is 2.28. The SMILES string of the molecule is CCN1CC[C@@H](NC(=O)COC)[C@@H]1c1cc(F)c(F)c(F)c1. The lowest BCUT2D eigenvalue weighted by molar-refractivity contribution is -0.125. The molecule has 1 aliphatic rings. The van der Waals surface area contributed by atoms with Gasteiger partial charge in [0, 0.05) is 19.7 Å². The van der Waals surface area contributed by atoms with E-state index in [0.717, 1.165) is 12.1 Å². The number of ether oxygens (including phenoxy) is 1. The number of likely N-dealkylation sites (tertiary alicyclic amines) is 1. The van der Waals surface area contributed by atoms with Crippen LogP contribution < -0.4 is 5.32 Å². The number of hydrogen-bond donors (Lipinski definition) is 1. The number of nitrogens with zero attached hydrogens (tertiary/aromatic N) is 1. The van der Waals surface area contributed by atoms with Gasteiger partial charge in [0.15, 0.2) is 17.5 Å². The van der Waals surface area contributed by atoms with E-state index in [1.165, 1.54) is 7.11 Å². The van der Waals surface area contributed by atoms with Crippen LogP contribution in [0.25, 0.3) is 0 Å². The third-order valence-corrected chi connectivity index (χ3v) is 3.88. The Labute approximate surface area is 127 Å². The van der Waals surface area contributed by atoms with Crippen LogP contribution in [0.4, 0.5) is 13.2 Å². The summed E-state index contributed by atoms with van der Waals surface area (Å²) in [5, 5.41) is 2.80. The Morgan fingerprint density at radius 1 is 1.36 bits per heavy atom. The van der Waals surface area contributed by atoms with Gasteiger partial charge < -0.3 is 10.1 Å². The van der Waals surface area contributed by atoms with Gasteiger partial charge in [0.1, 0.15) is 6.61 Å². The predicted octanol–water partition coefficient (Wildman–Crippen LogP) is 2.00. The highest BCUT2D eigenvalue weighted by atomic mass is 19.2. The minimum Gasteiger partial charge on any atom is -0.375 e. The van der Waals surface area contributed by atoms with Crippen LogP contribution in [-0.2, 0) is 9.53 Å². The van der Waals surface area contributed by atoms with Crippen molar-refractivity contribution >= 4 is 5.91 Å². The third kappa shape index (κ3) is 3.41. The Morgan fingerprint density at radius 2 is 2.00 bits per heavy atom. The van der Waals surface area contributed by atoms with E-state index in [2.05, 4.69) is 5.32 Å². The van der Waals surface area contributed by atoms with Crippen LogP contribution >= 0.6 is 0 Å². The first-order valence-corrected chi connectivity index (χ1v) is 7.14. The van der Waals surface area contributed by atoms with Gasteiger partial charge in [0.2, 0.25) is 5.91 Å². The topological polar surface area (TPSA) is 41.6 Å². The molecule has 1 aromatic carbocycles. The largest absolute Gasteiger partial charge is 0.375 e. The summed E-state index contributed by atoms with van der Waals surface area (Å²) in [4.78, 5) is 13.7. The molecule has 1 heterocycles. The summed E-state index contributed by atoms with van der Waals surface area (Å²) in [6, 6.07) is 1.29. The maximum absolute atomic E-state index is 13.5. The van der Waals surface area contributed by atoms with Gasteiger partial charge in [0.05, 0.1) is 6.04 Å². The van der Waals surface area contributed by atoms with Crippen LogP contribution in [-0.4, -0.2) is 43.7 Å². The van der Waals surface area contributed by atoms with Gasteiger partial charge in [-0.25, -0.2) is 13.2 Å². The van der Waals surface area contributed by atoms with E-state index in [1.54, 1.807) is 0 Å². The molecule has 0 radical (unpaired) electrons. The summed E-state index contributed by atoms with van der Waals surface area (Å²) in [5.74, 6) is -4.22. The number of nitrogens with one attached hydrogen (secondary N) is 1. The molecule has 4 nitrogen and oxygen atoms in total. The van der Waals surface area contributed by atoms with Crippen LogP contribution in [0.3, 0.4) is 0 Å². The first kappa shape index (κ1) is 16.8. The lowest BCUT2D eigenvalue weighted by Gasteiger charge is -2.28. The second-order valence-corrected chi connectivity index (χ2v) is 5.27. The highest BCUT2D eigenvalue weighted by Crippen LogP contribution is 2.33. The minimum absolute atomic E-state index is 0.0819. The van der Waals surface area contributed by atoms with E-state index in [-0.39, 0.29) is 18.6 Å². The van der Waals surface area contributed by atoms with Crippen molar-refractivity contribution in [3.05, 3.63) is 35.1 Å². The summed E-state index contributed by atoms with van der Waals surface area (Å²) < 4.78 is 44.9. The molecule has 0 saturated carbocycles. The molecule has 1 fully saturated rings. The van der Waals surface area contributed by atoms with Crippen LogP contribution in [0.5, 0.6) is 0 Å². The van der Waals surface area contributed by atoms with Gasteiger partial charge in [-0.15, -0.1) is 0 Å². The summed E-state index contributed by atoms with van der Waals surface area (Å²) in [5.41, 5.74) is 0.318. The van der Waals surface area contributed by atoms with E-state index in [9.17, 15) is 18.0 Å². The molecule has 1 aromatic rings. The average Bonchev–Trinajstić information content (AvgIpc) is 2.87. The van der Waals surface area contributed by atoms with Crippen molar-refractivity contribution < 1.29 is 22.7 Å². The fourth-order valence-electron chi connectivity index (χ4n) is 2.93. The zero-order valence-electron chi connectivity index (χ0n) is 12.5. The molecule has 1 saturated heterocycles. The maximum atomic E-state index is 13.5. The van der Waals surface area contributed by atoms with Crippen molar-refractivity contribution in [1.82, 2.24) is 10.2 Å². The van der Waals surface area contributed by atoms with Gasteiger partial charge in [-0.05, 0) is 30.7 Å². The van der Waals surface area contributed by atoms with Crippen LogP contribution in [0.2, 0.25) is 0 Å². The van der Waals surface area contributed by atoms with E-state index in [1.807, 2.05) is 11.8 Å². The summed E-state index contributed by atoms with van der Waals surface area (Å²) in [6.45, 7) is 3.17. The Bertz CT molecular complexity index is 531. The van der Waals surface area contributed by atoms with E-state index in [0.29, 0.717) is 25.1 Å². The monoisotopic (exact) mass is 316 g/mol. The Morgan fingerprint density at radius 3 is 2.55 bits per heavy atom. The fourth-order valence-corrected chi connectivity index (χ4v) is 2.93. The van der Waals surface area contributed by atoms with Crippen molar-refractivity contribution in [2.45, 2.75) is 25.4 Å². The lowest BCUT2D eigenvalue weighted by Crippen LogP contribution is -2.41. The standard InChI is InChI=1S/C15H19F3N2O2/c1-3-20-5-4-12(19-13(21)8-22-2)15(20)9-6-10(16)14(18)11(17)7-9/h6-7,12,15H,3-5,8H2,1-2H3,(H,19,21)/t12-,15+/m1/s1. The smallest absolute Gasteiger partial charge is 0.246 e. The van der Waals surface area contributed by atoms with Crippen LogP contribution in [0.1, 0.15) is 24.9 Å². The lowest BCUT2D eigenvalue weighted by atomic mass is 9.99. The van der Waals surface area contributed by atoms with Crippen molar-refractivity contribution in [2.75, 3.05) is 26.8 Å². The van der Waals surface area contributed by atoms with Gasteiger partial charge in [-0.2, -0.15) is 0 Å². The molecule has 1 aliphatic heterocycles. The number of amides is 1. The first-order valence-electron chi connectivity index (χ1n) is 7.14. The van der Waals surface area contributed by atoms with Gasteiger partial charge in [-0.1, -0.05) is 6.92 Å². The zero-order chi connectivity index (χ0) is 16.3. The summed E-state index contributed by atoms with van der Waals surface area (Å²) in [7, 11) is 1.41. The number of halogens is 3. The Hall–Kier alpha value is -1.60. The van der Waals surface area contributed by atoms with E-state index in [4.69, 9.17) is 4.74 Å². The summed E-state index contributed by atoms with van der Waals surface area (Å²) >= 11 is 0. The number of carbonyl (C=O) groups is 1. The minimum atomic E-state index is -1.48. The average molecular weight is 316 g/mol. The molecule has 0 spiro atoms. The van der Waals surface area contributed by atoms with Crippen molar-refractivity contribution in [1.29, 1.82) is 0 Å². The molecular formula is C15H19F3N2O2. The highest BCUT2D eigenvalue weighted by Gasteiger charge is 2.36. The molecule has 2 rings (SSSR count). The van der Waals surface area contributed by atoms with Crippen LogP contribution in [0, 0.1) is 17.5 Å². The molecule has 1 N–H and O–H groups in total. The second kappa shape index (κ2) is 7.11. The highest BCUT2D eigenvalue weighted by molar-refractivity contribution is 5.77. The number of benzene rings is 1. The molecule has 2 atom stereocenters. The molecule has 0 aliphatic carbocycles. The van der Waals surface area contributed by atoms with Crippen LogP contribution in [0.15, 0.2) is 12.1 Å². The molecule has 1 amide bonds. The molecule has 22 heavy (non-hydrogen) atoms. The quantitative estimate of drug-likeness (QED) is 0.845. The molecule has 0 aromatic heterocycles. The number of carbonyl (C=O) groups excluding carboxylic acids is 1. The number of likely N-dealkylation sites (N-methyl/N-ethyl adjacent to an activating group) is 1.